The van der Waals surface area contributed by atoms with Gasteiger partial charge in [-0.05, 0) is 19.1 Å². The third kappa shape index (κ3) is 3.62. The van der Waals surface area contributed by atoms with Crippen LogP contribution >= 0.6 is 0 Å². The molecule has 0 heterocycles. The predicted octanol–water partition coefficient (Wildman–Crippen LogP) is 1.47. The Labute approximate surface area is 95.4 Å². The minimum Gasteiger partial charge on any atom is -0.493 e. The van der Waals surface area contributed by atoms with E-state index in [1.54, 1.807) is 18.2 Å². The Hall–Kier alpha value is -1.43. The van der Waals surface area contributed by atoms with E-state index in [9.17, 15) is 8.42 Å². The largest absolute Gasteiger partial charge is 0.493 e. The van der Waals surface area contributed by atoms with Crippen molar-refractivity contribution in [1.29, 1.82) is 0 Å². The molecule has 0 spiro atoms. The molecule has 0 unspecified atom stereocenters. The topological polar surface area (TPSA) is 64.6 Å². The summed E-state index contributed by atoms with van der Waals surface area (Å²) in [5.41, 5.74) is 0.451. The molecule has 6 heteroatoms. The number of sulfonamides is 1. The molecule has 0 amide bonds. The molecule has 0 saturated carbocycles. The highest BCUT2D eigenvalue weighted by Gasteiger charge is 2.07. The average Bonchev–Trinajstić information content (AvgIpc) is 2.16. The smallest absolute Gasteiger partial charge is 0.229 e. The van der Waals surface area contributed by atoms with Crippen molar-refractivity contribution in [2.75, 3.05) is 24.7 Å². The molecule has 5 nitrogen and oxygen atoms in total. The molecule has 1 aromatic rings. The highest BCUT2D eigenvalue weighted by Crippen LogP contribution is 2.30. The van der Waals surface area contributed by atoms with E-state index in [4.69, 9.17) is 9.47 Å². The first-order valence-corrected chi connectivity index (χ1v) is 6.64. The Morgan fingerprint density at radius 1 is 1.31 bits per heavy atom. The Morgan fingerprint density at radius 3 is 2.50 bits per heavy atom. The zero-order chi connectivity index (χ0) is 12.2. The van der Waals surface area contributed by atoms with E-state index in [1.165, 1.54) is 7.11 Å². The molecule has 0 radical (unpaired) electrons. The molecule has 0 aliphatic rings. The summed E-state index contributed by atoms with van der Waals surface area (Å²) in [6, 6.07) is 4.85. The van der Waals surface area contributed by atoms with Crippen LogP contribution in [0.1, 0.15) is 6.92 Å². The first kappa shape index (κ1) is 12.6. The lowest BCUT2D eigenvalue weighted by atomic mass is 10.3. The van der Waals surface area contributed by atoms with Crippen molar-refractivity contribution in [3.05, 3.63) is 18.2 Å². The van der Waals surface area contributed by atoms with Crippen LogP contribution in [0, 0.1) is 0 Å². The molecule has 1 rings (SSSR count). The monoisotopic (exact) mass is 245 g/mol. The van der Waals surface area contributed by atoms with Crippen molar-refractivity contribution >= 4 is 15.7 Å². The SMILES string of the molecule is CCOc1cc(NS(C)(=O)=O)ccc1OC. The molecular formula is C10H15NO4S. The van der Waals surface area contributed by atoms with Crippen LogP contribution in [0.5, 0.6) is 11.5 Å². The van der Waals surface area contributed by atoms with Gasteiger partial charge in [-0.15, -0.1) is 0 Å². The highest BCUT2D eigenvalue weighted by molar-refractivity contribution is 7.92. The van der Waals surface area contributed by atoms with Crippen molar-refractivity contribution in [3.63, 3.8) is 0 Å². The van der Waals surface area contributed by atoms with E-state index < -0.39 is 10.0 Å². The molecule has 0 bridgehead atoms. The lowest BCUT2D eigenvalue weighted by Crippen LogP contribution is -2.09. The molecule has 0 aromatic heterocycles. The van der Waals surface area contributed by atoms with Crippen LogP contribution in [0.4, 0.5) is 5.69 Å². The molecule has 1 N–H and O–H groups in total. The maximum Gasteiger partial charge on any atom is 0.229 e. The van der Waals surface area contributed by atoms with E-state index in [2.05, 4.69) is 4.72 Å². The summed E-state index contributed by atoms with van der Waals surface area (Å²) in [6.45, 7) is 2.33. The highest BCUT2D eigenvalue weighted by atomic mass is 32.2. The third-order valence-corrected chi connectivity index (χ3v) is 2.37. The van der Waals surface area contributed by atoms with Crippen molar-refractivity contribution in [2.24, 2.45) is 0 Å². The molecule has 16 heavy (non-hydrogen) atoms. The predicted molar refractivity (Wildman–Crippen MR) is 62.6 cm³/mol. The second-order valence-electron chi connectivity index (χ2n) is 3.17. The summed E-state index contributed by atoms with van der Waals surface area (Å²) >= 11 is 0. The van der Waals surface area contributed by atoms with Crippen LogP contribution in [0.15, 0.2) is 18.2 Å². The zero-order valence-corrected chi connectivity index (χ0v) is 10.3. The van der Waals surface area contributed by atoms with Crippen LogP contribution in [0.3, 0.4) is 0 Å². The number of benzene rings is 1. The molecule has 1 aromatic carbocycles. The van der Waals surface area contributed by atoms with Gasteiger partial charge in [0.1, 0.15) is 0 Å². The van der Waals surface area contributed by atoms with Gasteiger partial charge in [-0.2, -0.15) is 0 Å². The number of anilines is 1. The molecule has 0 fully saturated rings. The van der Waals surface area contributed by atoms with Gasteiger partial charge in [0, 0.05) is 6.07 Å². The summed E-state index contributed by atoms with van der Waals surface area (Å²) in [5, 5.41) is 0. The maximum atomic E-state index is 11.0. The number of hydrogen-bond donors (Lipinski definition) is 1. The van der Waals surface area contributed by atoms with E-state index >= 15 is 0 Å². The standard InChI is InChI=1S/C10H15NO4S/c1-4-15-10-7-8(11-16(3,12)13)5-6-9(10)14-2/h5-7,11H,4H2,1-3H3. The van der Waals surface area contributed by atoms with Gasteiger partial charge in [-0.1, -0.05) is 0 Å². The summed E-state index contributed by atoms with van der Waals surface area (Å²) < 4.78 is 34.9. The van der Waals surface area contributed by atoms with Crippen molar-refractivity contribution in [3.8, 4) is 11.5 Å². The number of methoxy groups -OCH3 is 1. The normalized spacial score (nSPS) is 10.9. The van der Waals surface area contributed by atoms with Crippen molar-refractivity contribution in [1.82, 2.24) is 0 Å². The second-order valence-corrected chi connectivity index (χ2v) is 4.92. The lowest BCUT2D eigenvalue weighted by Gasteiger charge is -2.11. The Kier molecular flexibility index (Phi) is 4.00. The van der Waals surface area contributed by atoms with Crippen molar-refractivity contribution < 1.29 is 17.9 Å². The first-order valence-electron chi connectivity index (χ1n) is 4.75. The van der Waals surface area contributed by atoms with Crippen LogP contribution in [0.2, 0.25) is 0 Å². The minimum absolute atomic E-state index is 0.451. The van der Waals surface area contributed by atoms with Crippen LogP contribution in [0.25, 0.3) is 0 Å². The number of rotatable bonds is 5. The quantitative estimate of drug-likeness (QED) is 0.853. The minimum atomic E-state index is -3.27. The first-order chi connectivity index (χ1) is 7.46. The van der Waals surface area contributed by atoms with E-state index in [0.717, 1.165) is 6.26 Å². The van der Waals surface area contributed by atoms with E-state index in [1.807, 2.05) is 6.92 Å². The molecule has 0 aliphatic carbocycles. The Morgan fingerprint density at radius 2 is 2.00 bits per heavy atom. The molecule has 0 atom stereocenters. The van der Waals surface area contributed by atoms with Gasteiger partial charge >= 0.3 is 0 Å². The molecule has 0 saturated heterocycles. The average molecular weight is 245 g/mol. The number of nitrogens with one attached hydrogen (secondary N) is 1. The van der Waals surface area contributed by atoms with Crippen LogP contribution in [-0.2, 0) is 10.0 Å². The maximum absolute atomic E-state index is 11.0. The lowest BCUT2D eigenvalue weighted by molar-refractivity contribution is 0.311. The Bertz CT molecular complexity index is 456. The summed E-state index contributed by atoms with van der Waals surface area (Å²) in [5.74, 6) is 1.08. The Balaban J connectivity index is 3.02. The van der Waals surface area contributed by atoms with Gasteiger partial charge in [0.25, 0.3) is 0 Å². The second kappa shape index (κ2) is 5.07. The zero-order valence-electron chi connectivity index (χ0n) is 9.48. The molecular weight excluding hydrogens is 230 g/mol. The fourth-order valence-corrected chi connectivity index (χ4v) is 1.78. The van der Waals surface area contributed by atoms with E-state index in [-0.39, 0.29) is 0 Å². The van der Waals surface area contributed by atoms with Gasteiger partial charge in [-0.25, -0.2) is 8.42 Å². The fraction of sp³-hybridized carbons (Fsp3) is 0.400. The third-order valence-electron chi connectivity index (χ3n) is 1.77. The number of ether oxygens (including phenoxy) is 2. The van der Waals surface area contributed by atoms with Gasteiger partial charge in [0.15, 0.2) is 11.5 Å². The van der Waals surface area contributed by atoms with Gasteiger partial charge in [-0.3, -0.25) is 4.72 Å². The van der Waals surface area contributed by atoms with E-state index in [0.29, 0.717) is 23.8 Å². The molecule has 90 valence electrons. The summed E-state index contributed by atoms with van der Waals surface area (Å²) in [4.78, 5) is 0. The molecule has 0 aliphatic heterocycles. The fourth-order valence-electron chi connectivity index (χ4n) is 1.22. The number of hydrogen-bond acceptors (Lipinski definition) is 4. The summed E-state index contributed by atoms with van der Waals surface area (Å²) in [7, 11) is -1.75. The van der Waals surface area contributed by atoms with Gasteiger partial charge < -0.3 is 9.47 Å². The van der Waals surface area contributed by atoms with Crippen LogP contribution in [-0.4, -0.2) is 28.4 Å². The summed E-state index contributed by atoms with van der Waals surface area (Å²) in [6.07, 6.45) is 1.09. The van der Waals surface area contributed by atoms with Crippen LogP contribution < -0.4 is 14.2 Å². The van der Waals surface area contributed by atoms with Gasteiger partial charge in [0.2, 0.25) is 10.0 Å². The van der Waals surface area contributed by atoms with Gasteiger partial charge in [0.05, 0.1) is 25.7 Å². The van der Waals surface area contributed by atoms with Crippen molar-refractivity contribution in [2.45, 2.75) is 6.92 Å².